The van der Waals surface area contributed by atoms with E-state index >= 15 is 0 Å². The number of rotatable bonds is 48. The summed E-state index contributed by atoms with van der Waals surface area (Å²) in [6, 6.07) is 0. The van der Waals surface area contributed by atoms with Crippen LogP contribution in [-0.4, -0.2) is 37.1 Å². The molecule has 348 valence electrons. The summed E-state index contributed by atoms with van der Waals surface area (Å²) in [6.07, 6.45) is 54.0. The van der Waals surface area contributed by atoms with Gasteiger partial charge in [0.05, 0.1) is 6.54 Å². The Kier molecular flexibility index (Phi) is 47.3. The minimum atomic E-state index is -0.655. The molecule has 0 fully saturated rings. The zero-order chi connectivity index (χ0) is 43.0. The van der Waals surface area contributed by atoms with Gasteiger partial charge < -0.3 is 14.8 Å². The highest BCUT2D eigenvalue weighted by Crippen LogP contribution is 2.16. The molecule has 0 heterocycles. The van der Waals surface area contributed by atoms with E-state index in [1.165, 1.54) is 186 Å². The van der Waals surface area contributed by atoms with Crippen LogP contribution in [0.25, 0.3) is 0 Å². The third kappa shape index (κ3) is 47.1. The Morgan fingerprint density at radius 1 is 0.390 bits per heavy atom. The van der Waals surface area contributed by atoms with E-state index in [1.807, 2.05) is 0 Å². The molecule has 0 saturated heterocycles. The molecule has 1 unspecified atom stereocenters. The number of carbonyl (C=O) groups excluding carboxylic acids is 3. The molecule has 0 aromatic heterocycles. The number of allylic oxidation sites excluding steroid dienone is 2. The smallest absolute Gasteiger partial charge is 0.306 e. The molecule has 0 bridgehead atoms. The number of nitrogens with one attached hydrogen (secondary N) is 1. The van der Waals surface area contributed by atoms with Gasteiger partial charge in [0.25, 0.3) is 0 Å². The van der Waals surface area contributed by atoms with Gasteiger partial charge in [-0.1, -0.05) is 238 Å². The largest absolute Gasteiger partial charge is 0.462 e. The monoisotopic (exact) mass is 832 g/mol. The minimum absolute atomic E-state index is 0.00466. The summed E-state index contributed by atoms with van der Waals surface area (Å²) in [7, 11) is 0. The van der Waals surface area contributed by atoms with E-state index in [-0.39, 0.29) is 31.0 Å². The number of esters is 2. The topological polar surface area (TPSA) is 81.7 Å². The third-order valence-electron chi connectivity index (χ3n) is 11.9. The van der Waals surface area contributed by atoms with Crippen LogP contribution in [0.5, 0.6) is 0 Å². The first-order valence-corrected chi connectivity index (χ1v) is 26.3. The molecule has 0 aliphatic heterocycles. The Morgan fingerprint density at radius 2 is 0.695 bits per heavy atom. The van der Waals surface area contributed by atoms with Gasteiger partial charge in [-0.2, -0.15) is 0 Å². The van der Waals surface area contributed by atoms with Crippen molar-refractivity contribution in [1.29, 1.82) is 0 Å². The van der Waals surface area contributed by atoms with Crippen LogP contribution in [0.4, 0.5) is 0 Å². The van der Waals surface area contributed by atoms with E-state index in [0.29, 0.717) is 19.3 Å². The highest BCUT2D eigenvalue weighted by Gasteiger charge is 2.18. The molecule has 0 spiro atoms. The predicted molar refractivity (Wildman–Crippen MR) is 254 cm³/mol. The van der Waals surface area contributed by atoms with E-state index in [4.69, 9.17) is 9.47 Å². The van der Waals surface area contributed by atoms with E-state index in [1.54, 1.807) is 0 Å². The lowest BCUT2D eigenvalue weighted by Crippen LogP contribution is -2.38. The molecule has 0 aliphatic carbocycles. The molecule has 6 nitrogen and oxygen atoms in total. The van der Waals surface area contributed by atoms with Crippen molar-refractivity contribution in [2.75, 3.05) is 13.2 Å². The van der Waals surface area contributed by atoms with E-state index < -0.39 is 6.10 Å². The summed E-state index contributed by atoms with van der Waals surface area (Å²) in [5, 5.41) is 2.96. The lowest BCUT2D eigenvalue weighted by Gasteiger charge is -2.19. The summed E-state index contributed by atoms with van der Waals surface area (Å²) < 4.78 is 11.4. The van der Waals surface area contributed by atoms with Crippen LogP contribution >= 0.6 is 0 Å². The highest BCUT2D eigenvalue weighted by molar-refractivity contribution is 5.76. The van der Waals surface area contributed by atoms with Crippen molar-refractivity contribution in [3.8, 4) is 0 Å². The first-order chi connectivity index (χ1) is 29.0. The van der Waals surface area contributed by atoms with Crippen LogP contribution in [0.3, 0.4) is 0 Å². The maximum absolute atomic E-state index is 12.8. The molecule has 0 radical (unpaired) electrons. The second-order valence-corrected chi connectivity index (χ2v) is 17.9. The van der Waals surface area contributed by atoms with Gasteiger partial charge in [-0.15, -0.1) is 0 Å². The zero-order valence-electron chi connectivity index (χ0n) is 39.9. The number of carbonyl (C=O) groups is 3. The fourth-order valence-corrected chi connectivity index (χ4v) is 7.88. The molecule has 0 saturated carbocycles. The Bertz CT molecular complexity index is 920. The first kappa shape index (κ1) is 57.1. The molecule has 0 aromatic rings. The number of hydrogen-bond acceptors (Lipinski definition) is 5. The molecule has 1 amide bonds. The standard InChI is InChI=1S/C53H101NO5/c1-4-7-10-13-16-19-22-25-26-29-30-33-36-39-42-45-51(55)54-48-50(59-53(57)47-44-41-38-35-32-28-24-21-18-15-12-9-6-3)49-58-52(56)46-43-40-37-34-31-27-23-20-17-14-11-8-5-2/h25-26,50H,4-24,27-49H2,1-3H3,(H,54,55). The molecule has 1 N–H and O–H groups in total. The quantitative estimate of drug-likeness (QED) is 0.0375. The highest BCUT2D eigenvalue weighted by atomic mass is 16.6. The van der Waals surface area contributed by atoms with Crippen LogP contribution in [0.15, 0.2) is 12.2 Å². The summed E-state index contributed by atoms with van der Waals surface area (Å²) in [6.45, 7) is 6.98. The lowest BCUT2D eigenvalue weighted by atomic mass is 10.0. The zero-order valence-corrected chi connectivity index (χ0v) is 39.9. The van der Waals surface area contributed by atoms with Gasteiger partial charge in [-0.3, -0.25) is 14.4 Å². The molecule has 6 heteroatoms. The molecule has 1 atom stereocenters. The molecule has 0 rings (SSSR count). The van der Waals surface area contributed by atoms with Crippen molar-refractivity contribution in [3.63, 3.8) is 0 Å². The summed E-state index contributed by atoms with van der Waals surface area (Å²) in [5.74, 6) is -0.541. The average Bonchev–Trinajstić information content (AvgIpc) is 3.23. The summed E-state index contributed by atoms with van der Waals surface area (Å²) in [4.78, 5) is 38.1. The van der Waals surface area contributed by atoms with Crippen molar-refractivity contribution in [2.24, 2.45) is 0 Å². The maximum Gasteiger partial charge on any atom is 0.306 e. The summed E-state index contributed by atoms with van der Waals surface area (Å²) in [5.41, 5.74) is 0. The van der Waals surface area contributed by atoms with Gasteiger partial charge in [0.15, 0.2) is 6.10 Å². The third-order valence-corrected chi connectivity index (χ3v) is 11.9. The van der Waals surface area contributed by atoms with E-state index in [2.05, 4.69) is 38.2 Å². The molecule has 0 aliphatic rings. The van der Waals surface area contributed by atoms with Crippen molar-refractivity contribution in [1.82, 2.24) is 5.32 Å². The number of unbranched alkanes of at least 4 members (excludes halogenated alkanes) is 35. The second-order valence-electron chi connectivity index (χ2n) is 17.9. The molecular weight excluding hydrogens is 731 g/mol. The Balaban J connectivity index is 4.33. The molecule has 0 aromatic carbocycles. The van der Waals surface area contributed by atoms with Crippen molar-refractivity contribution < 1.29 is 23.9 Å². The number of hydrogen-bond donors (Lipinski definition) is 1. The molecular formula is C53H101NO5. The van der Waals surface area contributed by atoms with Crippen molar-refractivity contribution in [3.05, 3.63) is 12.2 Å². The fourth-order valence-electron chi connectivity index (χ4n) is 7.88. The normalized spacial score (nSPS) is 12.0. The number of amides is 1. The lowest BCUT2D eigenvalue weighted by molar-refractivity contribution is -0.159. The van der Waals surface area contributed by atoms with Crippen LogP contribution < -0.4 is 5.32 Å². The van der Waals surface area contributed by atoms with Gasteiger partial charge in [-0.25, -0.2) is 0 Å². The molecule has 59 heavy (non-hydrogen) atoms. The maximum atomic E-state index is 12.8. The van der Waals surface area contributed by atoms with Crippen LogP contribution in [0.2, 0.25) is 0 Å². The van der Waals surface area contributed by atoms with Gasteiger partial charge in [-0.05, 0) is 44.9 Å². The van der Waals surface area contributed by atoms with Gasteiger partial charge in [0.2, 0.25) is 5.91 Å². The SMILES string of the molecule is CCCCCCCCC=CCCCCCCCC(=O)NCC(COC(=O)CCCCCCCCCCCCCCC)OC(=O)CCCCCCCCCCCCCCC. The van der Waals surface area contributed by atoms with Crippen molar-refractivity contribution >= 4 is 17.8 Å². The second kappa shape index (κ2) is 48.8. The van der Waals surface area contributed by atoms with E-state index in [9.17, 15) is 14.4 Å². The average molecular weight is 832 g/mol. The van der Waals surface area contributed by atoms with Gasteiger partial charge in [0, 0.05) is 19.3 Å². The minimum Gasteiger partial charge on any atom is -0.462 e. The van der Waals surface area contributed by atoms with Crippen LogP contribution in [-0.2, 0) is 23.9 Å². The van der Waals surface area contributed by atoms with E-state index in [0.717, 1.165) is 64.2 Å². The number of ether oxygens (including phenoxy) is 2. The first-order valence-electron chi connectivity index (χ1n) is 26.3. The fraction of sp³-hybridized carbons (Fsp3) is 0.906. The predicted octanol–water partition coefficient (Wildman–Crippen LogP) is 16.6. The Labute approximate surface area is 367 Å². The van der Waals surface area contributed by atoms with Crippen LogP contribution in [0, 0.1) is 0 Å². The van der Waals surface area contributed by atoms with Gasteiger partial charge >= 0.3 is 11.9 Å². The Hall–Kier alpha value is -1.85. The van der Waals surface area contributed by atoms with Gasteiger partial charge in [0.1, 0.15) is 6.61 Å². The van der Waals surface area contributed by atoms with Crippen molar-refractivity contribution in [2.45, 2.75) is 297 Å². The Morgan fingerprint density at radius 3 is 1.07 bits per heavy atom. The summed E-state index contributed by atoms with van der Waals surface area (Å²) >= 11 is 0. The van der Waals surface area contributed by atoms with Crippen LogP contribution in [0.1, 0.15) is 290 Å².